The zero-order valence-electron chi connectivity index (χ0n) is 36.1. The number of esters is 2. The van der Waals surface area contributed by atoms with E-state index in [-0.39, 0.29) is 19.6 Å². The van der Waals surface area contributed by atoms with Gasteiger partial charge in [-0.15, -0.1) is 0 Å². The van der Waals surface area contributed by atoms with Crippen LogP contribution in [0.15, 0.2) is 72.9 Å². The maximum Gasteiger partial charge on any atom is 0.331 e. The monoisotopic (exact) mass is 806 g/mol. The fourth-order valence-corrected chi connectivity index (χ4v) is 6.27. The lowest BCUT2D eigenvalue weighted by atomic mass is 10.0. The van der Waals surface area contributed by atoms with E-state index in [1.54, 1.807) is 12.2 Å². The van der Waals surface area contributed by atoms with Crippen molar-refractivity contribution < 1.29 is 42.1 Å². The fraction of sp³-hybridized carbons (Fsp3) is 0.696. The molecule has 0 aliphatic rings. The average Bonchev–Trinajstić information content (AvgIpc) is 3.15. The first-order valence-electron chi connectivity index (χ1n) is 21.8. The van der Waals surface area contributed by atoms with Gasteiger partial charge in [-0.1, -0.05) is 196 Å². The second kappa shape index (κ2) is 38.0. The molecule has 0 saturated carbocycles. The molecular formula is C46H80NO8P. The van der Waals surface area contributed by atoms with Gasteiger partial charge in [-0.25, -0.2) is 4.79 Å². The van der Waals surface area contributed by atoms with Crippen molar-refractivity contribution in [1.29, 1.82) is 0 Å². The molecule has 0 aliphatic carbocycles. The lowest BCUT2D eigenvalue weighted by molar-refractivity contribution is -0.870. The van der Waals surface area contributed by atoms with Crippen LogP contribution in [0.25, 0.3) is 0 Å². The first-order chi connectivity index (χ1) is 27.0. The van der Waals surface area contributed by atoms with E-state index in [4.69, 9.17) is 18.5 Å². The van der Waals surface area contributed by atoms with Crippen LogP contribution in [-0.4, -0.2) is 70.0 Å². The molecule has 0 aliphatic heterocycles. The van der Waals surface area contributed by atoms with Gasteiger partial charge < -0.3 is 27.9 Å². The van der Waals surface area contributed by atoms with Crippen molar-refractivity contribution in [3.63, 3.8) is 0 Å². The molecule has 0 aromatic rings. The van der Waals surface area contributed by atoms with Crippen LogP contribution in [0.4, 0.5) is 0 Å². The van der Waals surface area contributed by atoms with E-state index in [2.05, 4.69) is 26.0 Å². The molecule has 0 rings (SSSR count). The summed E-state index contributed by atoms with van der Waals surface area (Å²) in [7, 11) is 1.07. The molecule has 0 aromatic heterocycles. The summed E-state index contributed by atoms with van der Waals surface area (Å²) in [6, 6.07) is 0. The highest BCUT2D eigenvalue weighted by molar-refractivity contribution is 7.45. The molecule has 0 aromatic carbocycles. The van der Waals surface area contributed by atoms with Crippen LogP contribution in [0.1, 0.15) is 155 Å². The number of nitrogens with zero attached hydrogens (tertiary/aromatic N) is 1. The number of hydrogen-bond acceptors (Lipinski definition) is 8. The van der Waals surface area contributed by atoms with E-state index in [1.807, 2.05) is 57.6 Å². The SMILES string of the molecule is CCCCCCCCCC=CC=CC=CC=CC=CC=CC(=O)O[C@H](COC(=O)CCCCCCCCCCCCCCC)COP(=O)([O-])OCC[N+](C)(C)C. The minimum Gasteiger partial charge on any atom is -0.756 e. The Bertz CT molecular complexity index is 1180. The summed E-state index contributed by atoms with van der Waals surface area (Å²) in [5.41, 5.74) is 0. The number of phosphoric acid groups is 1. The Labute approximate surface area is 342 Å². The van der Waals surface area contributed by atoms with Crippen LogP contribution in [0.3, 0.4) is 0 Å². The van der Waals surface area contributed by atoms with Gasteiger partial charge in [-0.2, -0.15) is 0 Å². The number of phosphoric ester groups is 1. The largest absolute Gasteiger partial charge is 0.756 e. The number of quaternary nitrogens is 1. The Hall–Kier alpha value is -2.55. The Morgan fingerprint density at radius 2 is 1.04 bits per heavy atom. The number of carbonyl (C=O) groups is 2. The molecule has 0 heterocycles. The molecule has 0 amide bonds. The third-order valence-corrected chi connectivity index (χ3v) is 9.93. The van der Waals surface area contributed by atoms with Crippen LogP contribution in [0.5, 0.6) is 0 Å². The zero-order valence-corrected chi connectivity index (χ0v) is 36.9. The fourth-order valence-electron chi connectivity index (χ4n) is 5.54. The Kier molecular flexibility index (Phi) is 36.3. The van der Waals surface area contributed by atoms with E-state index < -0.39 is 32.5 Å². The maximum atomic E-state index is 12.5. The highest BCUT2D eigenvalue weighted by Gasteiger charge is 2.21. The molecule has 1 unspecified atom stereocenters. The van der Waals surface area contributed by atoms with Gasteiger partial charge >= 0.3 is 11.9 Å². The van der Waals surface area contributed by atoms with Gasteiger partial charge in [-0.3, -0.25) is 9.36 Å². The summed E-state index contributed by atoms with van der Waals surface area (Å²) >= 11 is 0. The molecule has 0 N–H and O–H groups in total. The Balaban J connectivity index is 4.64. The molecule has 322 valence electrons. The van der Waals surface area contributed by atoms with Gasteiger partial charge in [-0.05, 0) is 19.3 Å². The predicted octanol–water partition coefficient (Wildman–Crippen LogP) is 11.6. The highest BCUT2D eigenvalue weighted by Crippen LogP contribution is 2.38. The second-order valence-corrected chi connectivity index (χ2v) is 17.0. The van der Waals surface area contributed by atoms with E-state index in [1.165, 1.54) is 115 Å². The van der Waals surface area contributed by atoms with Gasteiger partial charge in [0.25, 0.3) is 7.82 Å². The summed E-state index contributed by atoms with van der Waals surface area (Å²) in [6.07, 6.45) is 47.2. The van der Waals surface area contributed by atoms with Crippen molar-refractivity contribution in [2.24, 2.45) is 0 Å². The summed E-state index contributed by atoms with van der Waals surface area (Å²) in [6.45, 7) is 4.01. The van der Waals surface area contributed by atoms with Crippen molar-refractivity contribution in [3.8, 4) is 0 Å². The van der Waals surface area contributed by atoms with Crippen LogP contribution in [-0.2, 0) is 32.7 Å². The van der Waals surface area contributed by atoms with E-state index in [0.717, 1.165) is 25.7 Å². The van der Waals surface area contributed by atoms with E-state index >= 15 is 0 Å². The first kappa shape index (κ1) is 53.5. The Morgan fingerprint density at radius 3 is 1.54 bits per heavy atom. The molecule has 9 nitrogen and oxygen atoms in total. The van der Waals surface area contributed by atoms with Crippen molar-refractivity contribution in [3.05, 3.63) is 72.9 Å². The van der Waals surface area contributed by atoms with E-state index in [9.17, 15) is 19.0 Å². The molecule has 0 saturated heterocycles. The number of hydrogen-bond donors (Lipinski definition) is 0. The van der Waals surface area contributed by atoms with Crippen LogP contribution in [0.2, 0.25) is 0 Å². The van der Waals surface area contributed by atoms with Crippen LogP contribution >= 0.6 is 7.82 Å². The number of allylic oxidation sites excluding steroid dienone is 11. The summed E-state index contributed by atoms with van der Waals surface area (Å²) < 4.78 is 33.6. The lowest BCUT2D eigenvalue weighted by Crippen LogP contribution is -2.37. The molecule has 0 fully saturated rings. The van der Waals surface area contributed by atoms with Gasteiger partial charge in [0.1, 0.15) is 19.8 Å². The molecule has 2 atom stereocenters. The van der Waals surface area contributed by atoms with Gasteiger partial charge in [0, 0.05) is 12.5 Å². The quantitative estimate of drug-likeness (QED) is 0.0151. The zero-order chi connectivity index (χ0) is 41.4. The minimum absolute atomic E-state index is 0.0599. The van der Waals surface area contributed by atoms with Gasteiger partial charge in [0.05, 0.1) is 27.7 Å². The standard InChI is InChI=1S/C46H80NO8P/c1-6-8-10-12-14-16-18-20-21-22-23-24-25-27-29-31-33-35-37-39-46(49)55-44(43-54-56(50,51)53-41-40-47(3,4)5)42-52-45(48)38-36-34-32-30-28-26-19-17-15-13-11-9-7-2/h21-25,27,29,31,33,35,37,39,44H,6-20,26,28,30,32,34,36,38,40-43H2,1-5H3/t44-/m1/s1. The smallest absolute Gasteiger partial charge is 0.331 e. The van der Waals surface area contributed by atoms with Gasteiger partial charge in [0.2, 0.25) is 0 Å². The molecule has 0 bridgehead atoms. The number of carbonyl (C=O) groups excluding carboxylic acids is 2. The third-order valence-electron chi connectivity index (χ3n) is 8.97. The van der Waals surface area contributed by atoms with Gasteiger partial charge in [0.15, 0.2) is 6.10 Å². The minimum atomic E-state index is -4.67. The van der Waals surface area contributed by atoms with Crippen LogP contribution in [0, 0.1) is 0 Å². The summed E-state index contributed by atoms with van der Waals surface area (Å²) in [5.74, 6) is -1.15. The third kappa shape index (κ3) is 41.1. The van der Waals surface area contributed by atoms with Crippen molar-refractivity contribution in [2.75, 3.05) is 47.5 Å². The average molecular weight is 806 g/mol. The summed E-state index contributed by atoms with van der Waals surface area (Å²) in [5, 5.41) is 0. The number of likely N-dealkylation sites (N-methyl/N-ethyl adjacent to an activating group) is 1. The van der Waals surface area contributed by atoms with Crippen molar-refractivity contribution in [1.82, 2.24) is 0 Å². The molecule has 0 radical (unpaired) electrons. The molecular weight excluding hydrogens is 725 g/mol. The second-order valence-electron chi connectivity index (χ2n) is 15.6. The molecule has 0 spiro atoms. The number of unbranched alkanes of at least 4 members (excludes halogenated alkanes) is 19. The highest BCUT2D eigenvalue weighted by atomic mass is 31.2. The molecule has 56 heavy (non-hydrogen) atoms. The van der Waals surface area contributed by atoms with Crippen LogP contribution < -0.4 is 4.89 Å². The Morgan fingerprint density at radius 1 is 0.589 bits per heavy atom. The first-order valence-corrected chi connectivity index (χ1v) is 23.2. The number of rotatable bonds is 38. The van der Waals surface area contributed by atoms with Crippen molar-refractivity contribution >= 4 is 19.8 Å². The maximum absolute atomic E-state index is 12.5. The topological polar surface area (TPSA) is 111 Å². The van der Waals surface area contributed by atoms with Crippen molar-refractivity contribution in [2.45, 2.75) is 161 Å². The summed E-state index contributed by atoms with van der Waals surface area (Å²) in [4.78, 5) is 37.3. The number of ether oxygens (including phenoxy) is 2. The van der Waals surface area contributed by atoms with E-state index in [0.29, 0.717) is 17.4 Å². The normalized spacial score (nSPS) is 14.3. The predicted molar refractivity (Wildman–Crippen MR) is 231 cm³/mol. The molecule has 10 heteroatoms. The lowest BCUT2D eigenvalue weighted by Gasteiger charge is -2.28.